The van der Waals surface area contributed by atoms with E-state index in [1.54, 1.807) is 24.3 Å². The molecular weight excluding hydrogens is 495 g/mol. The summed E-state index contributed by atoms with van der Waals surface area (Å²) in [4.78, 5) is 16.8. The van der Waals surface area contributed by atoms with E-state index in [9.17, 15) is 18.0 Å². The lowest BCUT2D eigenvalue weighted by atomic mass is 10.1. The normalized spacial score (nSPS) is 12.6. The number of halogens is 4. The Labute approximate surface area is 200 Å². The Balaban J connectivity index is 1.88. The first kappa shape index (κ1) is 24.7. The summed E-state index contributed by atoms with van der Waals surface area (Å²) in [5.41, 5.74) is 4.71. The molecule has 3 N–H and O–H groups in total. The van der Waals surface area contributed by atoms with Crippen molar-refractivity contribution in [2.24, 2.45) is 10.7 Å². The molecule has 0 aliphatic heterocycles. The van der Waals surface area contributed by atoms with Crippen molar-refractivity contribution in [3.8, 4) is 0 Å². The van der Waals surface area contributed by atoms with Crippen molar-refractivity contribution < 1.29 is 18.0 Å². The Bertz CT molecular complexity index is 1190. The first-order chi connectivity index (χ1) is 15.7. The van der Waals surface area contributed by atoms with Crippen LogP contribution < -0.4 is 11.1 Å². The number of thioether (sulfide) groups is 1. The molecule has 0 bridgehead atoms. The lowest BCUT2D eigenvalue weighted by molar-refractivity contribution is -0.0925. The van der Waals surface area contributed by atoms with Crippen molar-refractivity contribution in [2.45, 2.75) is 17.4 Å². The zero-order chi connectivity index (χ0) is 24.0. The second-order valence-electron chi connectivity index (χ2n) is 6.38. The van der Waals surface area contributed by atoms with Gasteiger partial charge in [-0.15, -0.1) is 10.2 Å². The molecule has 0 aliphatic rings. The van der Waals surface area contributed by atoms with Crippen LogP contribution in [0.2, 0.25) is 5.02 Å². The van der Waals surface area contributed by atoms with Crippen molar-refractivity contribution in [1.82, 2.24) is 10.2 Å². The third kappa shape index (κ3) is 6.80. The lowest BCUT2D eigenvalue weighted by Gasteiger charge is -2.09. The van der Waals surface area contributed by atoms with E-state index in [-0.39, 0.29) is 22.0 Å². The molecule has 1 aromatic heterocycles. The van der Waals surface area contributed by atoms with Gasteiger partial charge in [-0.1, -0.05) is 65.9 Å². The largest absolute Gasteiger partial charge is 0.430 e. The van der Waals surface area contributed by atoms with Gasteiger partial charge in [0.2, 0.25) is 5.13 Å². The second kappa shape index (κ2) is 10.8. The smallest absolute Gasteiger partial charge is 0.395 e. The fraction of sp³-hybridized carbons (Fsp3) is 0.143. The van der Waals surface area contributed by atoms with Crippen molar-refractivity contribution in [3.05, 3.63) is 76.5 Å². The van der Waals surface area contributed by atoms with Gasteiger partial charge in [-0.3, -0.25) is 10.1 Å². The summed E-state index contributed by atoms with van der Waals surface area (Å²) < 4.78 is 39.8. The van der Waals surface area contributed by atoms with Gasteiger partial charge < -0.3 is 5.73 Å². The van der Waals surface area contributed by atoms with Crippen molar-refractivity contribution >= 4 is 57.1 Å². The number of aromatic nitrogens is 2. The number of benzene rings is 2. The fourth-order valence-electron chi connectivity index (χ4n) is 2.49. The Morgan fingerprint density at radius 3 is 2.48 bits per heavy atom. The number of nitrogens with two attached hydrogens (primary N) is 1. The monoisotopic (exact) mass is 511 g/mol. The molecule has 33 heavy (non-hydrogen) atoms. The Morgan fingerprint density at radius 1 is 1.18 bits per heavy atom. The average Bonchev–Trinajstić information content (AvgIpc) is 3.21. The zero-order valence-corrected chi connectivity index (χ0v) is 19.4. The Kier molecular flexibility index (Phi) is 8.11. The summed E-state index contributed by atoms with van der Waals surface area (Å²) in [6, 6.07) is 12.3. The molecule has 0 spiro atoms. The Hall–Kier alpha value is -2.89. The van der Waals surface area contributed by atoms with Gasteiger partial charge in [-0.05, 0) is 36.1 Å². The number of para-hydroxylation sites is 1. The van der Waals surface area contributed by atoms with E-state index in [1.165, 1.54) is 47.4 Å². The number of alkyl halides is 3. The third-order valence-electron chi connectivity index (χ3n) is 4.05. The predicted molar refractivity (Wildman–Crippen MR) is 127 cm³/mol. The highest BCUT2D eigenvalue weighted by Gasteiger charge is 2.31. The van der Waals surface area contributed by atoms with Gasteiger partial charge in [-0.2, -0.15) is 13.2 Å². The van der Waals surface area contributed by atoms with Gasteiger partial charge in [0.05, 0.1) is 16.4 Å². The molecule has 0 unspecified atom stereocenters. The fourth-order valence-corrected chi connectivity index (χ4v) is 4.31. The van der Waals surface area contributed by atoms with Crippen molar-refractivity contribution in [3.63, 3.8) is 0 Å². The van der Waals surface area contributed by atoms with Crippen LogP contribution in [-0.2, 0) is 0 Å². The number of amides is 1. The summed E-state index contributed by atoms with van der Waals surface area (Å²) in [6.45, 7) is 1.98. The first-order valence-electron chi connectivity index (χ1n) is 9.43. The first-order valence-corrected chi connectivity index (χ1v) is 11.6. The van der Waals surface area contributed by atoms with Gasteiger partial charge in [0, 0.05) is 11.1 Å². The molecule has 6 nitrogen and oxygen atoms in total. The minimum absolute atomic E-state index is 0.0600. The van der Waals surface area contributed by atoms with Crippen molar-refractivity contribution in [1.29, 1.82) is 0 Å². The number of nitrogens with one attached hydrogen (secondary N) is 1. The highest BCUT2D eigenvalue weighted by Crippen LogP contribution is 2.28. The standard InChI is InChI=1S/C21H17ClF3N5OS2/c1-2-32-20-30-29-19(33-20)28-18(31)13-9-7-12(8-10-13)16(11-17(26)21(23,24)25)27-15-6-4-3-5-14(15)22/h3-11H,2,26H2,1H3,(H,28,29,31). The number of rotatable bonds is 7. The topological polar surface area (TPSA) is 93.3 Å². The summed E-state index contributed by atoms with van der Waals surface area (Å²) in [5.74, 6) is 0.399. The van der Waals surface area contributed by atoms with E-state index >= 15 is 0 Å². The van der Waals surface area contributed by atoms with Crippen LogP contribution in [0.25, 0.3) is 0 Å². The summed E-state index contributed by atoms with van der Waals surface area (Å²) in [7, 11) is 0. The quantitative estimate of drug-likeness (QED) is 0.228. The van der Waals surface area contributed by atoms with E-state index < -0.39 is 17.8 Å². The van der Waals surface area contributed by atoms with Crippen LogP contribution in [-0.4, -0.2) is 33.7 Å². The van der Waals surface area contributed by atoms with Gasteiger partial charge in [0.25, 0.3) is 5.91 Å². The highest BCUT2D eigenvalue weighted by atomic mass is 35.5. The molecule has 12 heteroatoms. The third-order valence-corrected chi connectivity index (χ3v) is 6.22. The summed E-state index contributed by atoms with van der Waals surface area (Å²) in [5, 5.41) is 11.1. The molecule has 3 aromatic rings. The lowest BCUT2D eigenvalue weighted by Crippen LogP contribution is -2.21. The average molecular weight is 512 g/mol. The number of nitrogens with zero attached hydrogens (tertiary/aromatic N) is 3. The maximum Gasteiger partial charge on any atom is 0.430 e. The van der Waals surface area contributed by atoms with E-state index in [2.05, 4.69) is 20.5 Å². The second-order valence-corrected chi connectivity index (χ2v) is 9.28. The number of aliphatic imine (C=N–C) groups is 1. The van der Waals surface area contributed by atoms with Crippen LogP contribution >= 0.6 is 34.7 Å². The zero-order valence-electron chi connectivity index (χ0n) is 17.1. The molecule has 2 aromatic carbocycles. The Morgan fingerprint density at radius 2 is 1.85 bits per heavy atom. The van der Waals surface area contributed by atoms with E-state index in [1.807, 2.05) is 6.92 Å². The number of carbonyl (C=O) groups is 1. The molecule has 0 aliphatic carbocycles. The predicted octanol–water partition coefficient (Wildman–Crippen LogP) is 6.08. The SMILES string of the molecule is CCSc1nnc(NC(=O)c2ccc(C(C=C(N)C(F)(F)F)=Nc3ccccc3Cl)cc2)s1. The number of carbonyl (C=O) groups excluding carboxylic acids is 1. The van der Waals surface area contributed by atoms with E-state index in [0.29, 0.717) is 10.7 Å². The van der Waals surface area contributed by atoms with Gasteiger partial charge >= 0.3 is 6.18 Å². The number of anilines is 1. The summed E-state index contributed by atoms with van der Waals surface area (Å²) >= 11 is 8.86. The van der Waals surface area contributed by atoms with Crippen LogP contribution in [0.4, 0.5) is 24.0 Å². The van der Waals surface area contributed by atoms with Crippen LogP contribution in [0, 0.1) is 0 Å². The van der Waals surface area contributed by atoms with Crippen molar-refractivity contribution in [2.75, 3.05) is 11.1 Å². The number of hydrogen-bond donors (Lipinski definition) is 2. The molecule has 1 heterocycles. The van der Waals surface area contributed by atoms with Crippen LogP contribution in [0.5, 0.6) is 0 Å². The number of hydrogen-bond acceptors (Lipinski definition) is 7. The van der Waals surface area contributed by atoms with Crippen LogP contribution in [0.3, 0.4) is 0 Å². The van der Waals surface area contributed by atoms with Gasteiger partial charge in [0.1, 0.15) is 5.70 Å². The molecule has 0 saturated carbocycles. The molecule has 1 amide bonds. The van der Waals surface area contributed by atoms with E-state index in [0.717, 1.165) is 16.2 Å². The van der Waals surface area contributed by atoms with E-state index in [4.69, 9.17) is 17.3 Å². The molecule has 172 valence electrons. The molecule has 3 rings (SSSR count). The minimum Gasteiger partial charge on any atom is -0.395 e. The molecule has 0 fully saturated rings. The van der Waals surface area contributed by atoms with Crippen LogP contribution in [0.1, 0.15) is 22.8 Å². The van der Waals surface area contributed by atoms with Crippen LogP contribution in [0.15, 0.2) is 69.6 Å². The molecule has 0 radical (unpaired) electrons. The highest BCUT2D eigenvalue weighted by molar-refractivity contribution is 8.01. The molecule has 0 saturated heterocycles. The maximum atomic E-state index is 13.0. The van der Waals surface area contributed by atoms with Gasteiger partial charge in [0.15, 0.2) is 4.34 Å². The van der Waals surface area contributed by atoms with Gasteiger partial charge in [-0.25, -0.2) is 4.99 Å². The number of allylic oxidation sites excluding steroid dienone is 2. The maximum absolute atomic E-state index is 13.0. The minimum atomic E-state index is -4.72. The molecular formula is C21H17ClF3N5OS2. The molecule has 0 atom stereocenters. The summed E-state index contributed by atoms with van der Waals surface area (Å²) in [6.07, 6.45) is -4.00.